The molecule has 2 aliphatic heterocycles. The first-order valence-corrected chi connectivity index (χ1v) is 9.78. The fourth-order valence-corrected chi connectivity index (χ4v) is 4.59. The number of carbonyl (C=O) groups excluding carboxylic acids is 1. The minimum absolute atomic E-state index is 0.250. The number of halogens is 1. The zero-order chi connectivity index (χ0) is 19.2. The lowest BCUT2D eigenvalue weighted by Crippen LogP contribution is -2.33. The van der Waals surface area contributed by atoms with E-state index in [1.165, 1.54) is 6.07 Å². The maximum Gasteiger partial charge on any atom is 0.326 e. The van der Waals surface area contributed by atoms with Crippen LogP contribution < -0.4 is 9.03 Å². The molecule has 0 bridgehead atoms. The summed E-state index contributed by atoms with van der Waals surface area (Å²) in [6.45, 7) is 0.866. The summed E-state index contributed by atoms with van der Waals surface area (Å²) < 4.78 is 41.6. The molecule has 2 aromatic rings. The van der Waals surface area contributed by atoms with E-state index in [-0.39, 0.29) is 6.54 Å². The number of rotatable bonds is 3. The quantitative estimate of drug-likeness (QED) is 0.796. The van der Waals surface area contributed by atoms with Gasteiger partial charge in [0.05, 0.1) is 5.69 Å². The van der Waals surface area contributed by atoms with Crippen molar-refractivity contribution < 1.29 is 22.7 Å². The number of benzene rings is 1. The van der Waals surface area contributed by atoms with Gasteiger partial charge < -0.3 is 5.11 Å². The molecule has 0 unspecified atom stereocenters. The molecule has 2 aliphatic rings. The number of nitrogens with one attached hydrogen (secondary N) is 1. The van der Waals surface area contributed by atoms with Crippen molar-refractivity contribution in [3.63, 3.8) is 0 Å². The predicted molar refractivity (Wildman–Crippen MR) is 94.5 cm³/mol. The van der Waals surface area contributed by atoms with E-state index in [2.05, 4.69) is 4.98 Å². The Hall–Kier alpha value is -2.72. The lowest BCUT2D eigenvalue weighted by Gasteiger charge is -2.30. The van der Waals surface area contributed by atoms with Crippen LogP contribution in [0.5, 0.6) is 5.75 Å². The van der Waals surface area contributed by atoms with E-state index >= 15 is 4.39 Å². The molecule has 1 amide bonds. The number of aromatic hydroxyl groups is 1. The van der Waals surface area contributed by atoms with Crippen LogP contribution in [-0.2, 0) is 34.5 Å². The highest BCUT2D eigenvalue weighted by Gasteiger charge is 2.39. The van der Waals surface area contributed by atoms with Gasteiger partial charge in [0, 0.05) is 31.4 Å². The van der Waals surface area contributed by atoms with Crippen molar-refractivity contribution in [2.75, 3.05) is 17.4 Å². The van der Waals surface area contributed by atoms with Crippen molar-refractivity contribution in [1.29, 1.82) is 0 Å². The average molecular weight is 392 g/mol. The van der Waals surface area contributed by atoms with Crippen LogP contribution >= 0.6 is 0 Å². The zero-order valence-electron chi connectivity index (χ0n) is 14.2. The molecule has 4 rings (SSSR count). The summed E-state index contributed by atoms with van der Waals surface area (Å²) >= 11 is 0. The summed E-state index contributed by atoms with van der Waals surface area (Å²) in [4.78, 5) is 17.7. The van der Waals surface area contributed by atoms with Crippen molar-refractivity contribution in [3.05, 3.63) is 53.1 Å². The van der Waals surface area contributed by atoms with Gasteiger partial charge in [-0.05, 0) is 30.2 Å². The highest BCUT2D eigenvalue weighted by atomic mass is 32.2. The van der Waals surface area contributed by atoms with Gasteiger partial charge in [0.15, 0.2) is 5.82 Å². The molecule has 0 spiro atoms. The monoisotopic (exact) mass is 392 g/mol. The maximum atomic E-state index is 15.2. The van der Waals surface area contributed by atoms with E-state index in [9.17, 15) is 18.3 Å². The van der Waals surface area contributed by atoms with Crippen LogP contribution in [0.2, 0.25) is 0 Å². The number of phenolic OH excluding ortho intramolecular Hbond substituents is 1. The van der Waals surface area contributed by atoms with Crippen molar-refractivity contribution in [2.24, 2.45) is 0 Å². The van der Waals surface area contributed by atoms with Crippen LogP contribution in [0.1, 0.15) is 16.8 Å². The Morgan fingerprint density at radius 3 is 2.78 bits per heavy atom. The van der Waals surface area contributed by atoms with Crippen molar-refractivity contribution in [3.8, 4) is 5.75 Å². The molecule has 3 heterocycles. The van der Waals surface area contributed by atoms with Crippen LogP contribution in [0.4, 0.5) is 10.1 Å². The number of phenols is 1. The van der Waals surface area contributed by atoms with E-state index in [0.717, 1.165) is 5.69 Å². The van der Waals surface area contributed by atoms with E-state index < -0.39 is 39.9 Å². The fraction of sp³-hybridized carbons (Fsp3) is 0.294. The summed E-state index contributed by atoms with van der Waals surface area (Å²) in [5.41, 5.74) is 1.30. The second-order valence-electron chi connectivity index (χ2n) is 6.51. The number of hydrogen-bond donors (Lipinski definition) is 2. The molecular weight excluding hydrogens is 375 g/mol. The van der Waals surface area contributed by atoms with Crippen LogP contribution in [-0.4, -0.2) is 42.4 Å². The Morgan fingerprint density at radius 1 is 1.30 bits per heavy atom. The number of anilines is 1. The molecule has 1 saturated heterocycles. The van der Waals surface area contributed by atoms with Crippen molar-refractivity contribution >= 4 is 21.8 Å². The number of nitrogens with zero attached hydrogens (tertiary/aromatic N) is 3. The van der Waals surface area contributed by atoms with E-state index in [1.54, 1.807) is 10.9 Å². The van der Waals surface area contributed by atoms with Gasteiger partial charge in [-0.25, -0.2) is 13.4 Å². The number of aromatic nitrogens is 1. The second kappa shape index (κ2) is 6.46. The predicted octanol–water partition coefficient (Wildman–Crippen LogP) is 0.666. The topological polar surface area (TPSA) is 103 Å². The van der Waals surface area contributed by atoms with Crippen molar-refractivity contribution in [2.45, 2.75) is 19.5 Å². The maximum absolute atomic E-state index is 15.2. The summed E-state index contributed by atoms with van der Waals surface area (Å²) in [7, 11) is -4.21. The summed E-state index contributed by atoms with van der Waals surface area (Å²) in [5.74, 6) is -2.09. The Kier molecular flexibility index (Phi) is 4.23. The molecule has 1 fully saturated rings. The molecule has 0 saturated carbocycles. The Morgan fingerprint density at radius 2 is 2.11 bits per heavy atom. The normalized spacial score (nSPS) is 19.0. The van der Waals surface area contributed by atoms with E-state index in [0.29, 0.717) is 34.9 Å². The molecule has 0 radical (unpaired) electrons. The highest BCUT2D eigenvalue weighted by molar-refractivity contribution is 7.92. The third-order valence-electron chi connectivity index (χ3n) is 4.67. The average Bonchev–Trinajstić information content (AvgIpc) is 2.89. The molecule has 8 nitrogen and oxygen atoms in total. The SMILES string of the molecule is O=C1CN(c2c(O)cc3c(c2F)CN(Cc2ccccn2)CC3)S(=O)(=O)N1. The Labute approximate surface area is 155 Å². The molecule has 2 N–H and O–H groups in total. The molecule has 142 valence electrons. The highest BCUT2D eigenvalue weighted by Crippen LogP contribution is 2.39. The third kappa shape index (κ3) is 3.21. The minimum atomic E-state index is -4.21. The first-order valence-electron chi connectivity index (χ1n) is 8.34. The van der Waals surface area contributed by atoms with Crippen LogP contribution in [0.25, 0.3) is 0 Å². The number of pyridine rings is 1. The molecule has 27 heavy (non-hydrogen) atoms. The molecule has 1 aromatic heterocycles. The zero-order valence-corrected chi connectivity index (χ0v) is 15.0. The van der Waals surface area contributed by atoms with E-state index in [1.807, 2.05) is 23.1 Å². The van der Waals surface area contributed by atoms with Gasteiger partial charge in [0.2, 0.25) is 0 Å². The van der Waals surface area contributed by atoms with Gasteiger partial charge in [0.1, 0.15) is 18.0 Å². The second-order valence-corrected chi connectivity index (χ2v) is 8.11. The molecule has 0 atom stereocenters. The van der Waals surface area contributed by atoms with Gasteiger partial charge in [-0.15, -0.1) is 0 Å². The van der Waals surface area contributed by atoms with Gasteiger partial charge in [0.25, 0.3) is 5.91 Å². The minimum Gasteiger partial charge on any atom is -0.506 e. The number of amides is 1. The first kappa shape index (κ1) is 17.7. The van der Waals surface area contributed by atoms with Crippen LogP contribution in [0, 0.1) is 5.82 Å². The summed E-state index contributed by atoms with van der Waals surface area (Å²) in [6.07, 6.45) is 2.20. The number of hydrogen-bond acceptors (Lipinski definition) is 6. The standard InChI is InChI=1S/C17H17FN4O4S/c18-16-13-9-21(8-12-3-1-2-5-19-12)6-4-11(13)7-14(23)17(16)22-10-15(24)20-27(22,25)26/h1-3,5,7,23H,4,6,8-10H2,(H,20,24). The largest absolute Gasteiger partial charge is 0.506 e. The van der Waals surface area contributed by atoms with Crippen molar-refractivity contribution in [1.82, 2.24) is 14.6 Å². The smallest absolute Gasteiger partial charge is 0.326 e. The Balaban J connectivity index is 1.68. The molecule has 1 aromatic carbocycles. The lowest BCUT2D eigenvalue weighted by molar-refractivity contribution is -0.117. The summed E-state index contributed by atoms with van der Waals surface area (Å²) in [5, 5.41) is 10.2. The van der Waals surface area contributed by atoms with Gasteiger partial charge in [-0.2, -0.15) is 8.42 Å². The van der Waals surface area contributed by atoms with Gasteiger partial charge in [-0.1, -0.05) is 6.07 Å². The fourth-order valence-electron chi connectivity index (χ4n) is 3.43. The summed E-state index contributed by atoms with van der Waals surface area (Å²) in [6, 6.07) is 6.95. The van der Waals surface area contributed by atoms with E-state index in [4.69, 9.17) is 0 Å². The molecule has 0 aliphatic carbocycles. The molecule has 10 heteroatoms. The number of carbonyl (C=O) groups is 1. The molecular formula is C17H17FN4O4S. The van der Waals surface area contributed by atoms with Crippen LogP contribution in [0.15, 0.2) is 30.5 Å². The van der Waals surface area contributed by atoms with Crippen LogP contribution in [0.3, 0.4) is 0 Å². The first-order chi connectivity index (χ1) is 12.8. The van der Waals surface area contributed by atoms with Gasteiger partial charge >= 0.3 is 10.2 Å². The number of fused-ring (bicyclic) bond motifs is 1. The lowest BCUT2D eigenvalue weighted by atomic mass is 9.97. The third-order valence-corrected chi connectivity index (χ3v) is 6.05. The van der Waals surface area contributed by atoms with Gasteiger partial charge in [-0.3, -0.25) is 14.7 Å². The Bertz CT molecular complexity index is 1010.